The fourth-order valence-corrected chi connectivity index (χ4v) is 13.7. The second-order valence-electron chi connectivity index (χ2n) is 17.7. The molecule has 384 valence electrons. The van der Waals surface area contributed by atoms with Crippen LogP contribution in [0.5, 0.6) is 0 Å². The number of ether oxygens (including phenoxy) is 6. The second kappa shape index (κ2) is 24.2. The Morgan fingerprint density at radius 2 is 1.11 bits per heavy atom. The fourth-order valence-electron chi connectivity index (χ4n) is 9.52. The van der Waals surface area contributed by atoms with Crippen molar-refractivity contribution >= 4 is 69.7 Å². The number of amides is 3. The molecule has 2 aliphatic rings. The van der Waals surface area contributed by atoms with Crippen molar-refractivity contribution in [3.05, 3.63) is 151 Å². The van der Waals surface area contributed by atoms with Gasteiger partial charge in [0.2, 0.25) is 11.8 Å². The van der Waals surface area contributed by atoms with Crippen LogP contribution >= 0.6 is 6.89 Å². The first-order chi connectivity index (χ1) is 35.5. The summed E-state index contributed by atoms with van der Waals surface area (Å²) in [5.74, 6) is -5.06. The maximum atomic E-state index is 15.1. The summed E-state index contributed by atoms with van der Waals surface area (Å²) >= 11 is 0. The number of esters is 3. The highest BCUT2D eigenvalue weighted by molar-refractivity contribution is 7.97. The number of hydrogen-bond donors (Lipinski definition) is 3. The van der Waals surface area contributed by atoms with E-state index in [0.29, 0.717) is 15.9 Å². The second-order valence-corrected chi connectivity index (χ2v) is 21.1. The van der Waals surface area contributed by atoms with Crippen molar-refractivity contribution in [3.8, 4) is 17.2 Å². The Hall–Kier alpha value is -7.90. The predicted octanol–water partition coefficient (Wildman–Crippen LogP) is 4.72. The molecule has 0 saturated carbocycles. The Labute approximate surface area is 428 Å². The van der Waals surface area contributed by atoms with Gasteiger partial charge in [0.05, 0.1) is 12.1 Å². The van der Waals surface area contributed by atoms with Gasteiger partial charge >= 0.3 is 24.0 Å². The van der Waals surface area contributed by atoms with Crippen molar-refractivity contribution < 1.29 is 62.0 Å². The minimum Gasteiger partial charge on any atom is -0.463 e. The van der Waals surface area contributed by atoms with Crippen LogP contribution in [-0.2, 0) is 57.2 Å². The number of benzene rings is 5. The van der Waals surface area contributed by atoms with Gasteiger partial charge in [0, 0.05) is 33.6 Å². The number of carbonyl (C=O) groups is 7. The number of hydrogen-bond acceptors (Lipinski definition) is 14. The highest BCUT2D eigenvalue weighted by atomic mass is 31.2. The third kappa shape index (κ3) is 12.0. The summed E-state index contributed by atoms with van der Waals surface area (Å²) < 4.78 is 35.0. The molecule has 5 aromatic rings. The first kappa shape index (κ1) is 53.9. The lowest BCUT2D eigenvalue weighted by molar-refractivity contribution is -0.287. The van der Waals surface area contributed by atoms with E-state index in [9.17, 15) is 34.0 Å². The van der Waals surface area contributed by atoms with E-state index in [1.807, 2.05) is 140 Å². The van der Waals surface area contributed by atoms with E-state index in [4.69, 9.17) is 28.4 Å². The zero-order valence-corrected chi connectivity index (χ0v) is 42.5. The van der Waals surface area contributed by atoms with E-state index < -0.39 is 104 Å². The Morgan fingerprint density at radius 1 is 0.622 bits per heavy atom. The molecule has 3 N–H and O–H groups in total. The summed E-state index contributed by atoms with van der Waals surface area (Å²) in [7, 11) is 0. The topological polar surface area (TPSA) is 235 Å². The van der Waals surface area contributed by atoms with Crippen molar-refractivity contribution in [3.63, 3.8) is 0 Å². The van der Waals surface area contributed by atoms with Crippen LogP contribution in [0.4, 0.5) is 4.79 Å². The third-order valence-electron chi connectivity index (χ3n) is 12.6. The predicted molar refractivity (Wildman–Crippen MR) is 275 cm³/mol. The van der Waals surface area contributed by atoms with E-state index in [1.165, 1.54) is 20.8 Å². The zero-order chi connectivity index (χ0) is 53.1. The normalized spacial score (nSPS) is 19.1. The molecule has 0 spiro atoms. The molecule has 1 heterocycles. The Kier molecular flexibility index (Phi) is 17.6. The number of rotatable bonds is 18. The molecule has 8 atom stereocenters. The van der Waals surface area contributed by atoms with E-state index >= 15 is 4.79 Å². The molecule has 7 rings (SSSR count). The van der Waals surface area contributed by atoms with E-state index in [1.54, 1.807) is 0 Å². The SMILES string of the molecule is CC(=O)N[C@H]1[C@@H](O[C@@H](C)[C@H](NC(=O)OCC2c3ccccc3-c3ccccc32)C(=O)N[C@@H](C)C(=O)C(C#N)=P(c2ccccc2)(c2ccccc2)c2ccccc2)O[C@H](COC(C)=O)[C@H](OC(C)=O)[C@@H]1OC(C)=O. The molecule has 1 aliphatic heterocycles. The van der Waals surface area contributed by atoms with Gasteiger partial charge in [-0.25, -0.2) is 4.79 Å². The average Bonchev–Trinajstić information content (AvgIpc) is 3.71. The minimum atomic E-state index is -3.25. The standard InChI is InChI=1S/C56H57N4O13P/c1-33(51(65)48(30-57)74(39-20-10-7-11-21-39,40-22-12-8-13-23-40)41-24-14-9-15-25-41)58-54(66)49(60-56(67)69-31-46-44-28-18-16-26-42(44)43-27-17-19-29-45(43)46)34(2)70-55-50(59-35(3)61)53(72-38(6)64)52(71-37(5)63)47(73-55)32-68-36(4)62/h7-29,33-34,46-47,49-50,52-53,55H,31-32H2,1-6H3,(H,58,66)(H,59,61)(H,60,67)/t33-,34-,47+,49-,50+,52-,53+,55-/m0/s1. The van der Waals surface area contributed by atoms with Crippen LogP contribution in [0.3, 0.4) is 0 Å². The maximum Gasteiger partial charge on any atom is 0.407 e. The van der Waals surface area contributed by atoms with Crippen LogP contribution in [0.1, 0.15) is 58.6 Å². The molecule has 3 amide bonds. The van der Waals surface area contributed by atoms with Crippen LogP contribution in [0.25, 0.3) is 11.1 Å². The minimum absolute atomic E-state index is 0.106. The molecule has 0 unspecified atom stereocenters. The van der Waals surface area contributed by atoms with Gasteiger partial charge in [0.15, 0.2) is 24.3 Å². The molecular weight excluding hydrogens is 968 g/mol. The van der Waals surface area contributed by atoms with Gasteiger partial charge in [-0.15, -0.1) is 0 Å². The quantitative estimate of drug-likeness (QED) is 0.0613. The van der Waals surface area contributed by atoms with Gasteiger partial charge in [-0.3, -0.25) is 28.8 Å². The van der Waals surface area contributed by atoms with Gasteiger partial charge in [-0.2, -0.15) is 5.26 Å². The van der Waals surface area contributed by atoms with Crippen molar-refractivity contribution in [1.82, 2.24) is 16.0 Å². The molecule has 17 nitrogen and oxygen atoms in total. The molecule has 1 saturated heterocycles. The van der Waals surface area contributed by atoms with Crippen LogP contribution in [0.15, 0.2) is 140 Å². The van der Waals surface area contributed by atoms with E-state index in [-0.39, 0.29) is 17.8 Å². The molecule has 74 heavy (non-hydrogen) atoms. The first-order valence-corrected chi connectivity index (χ1v) is 25.7. The van der Waals surface area contributed by atoms with E-state index in [2.05, 4.69) is 22.0 Å². The number of fused-ring (bicyclic) bond motifs is 3. The third-order valence-corrected chi connectivity index (χ3v) is 16.9. The van der Waals surface area contributed by atoms with Gasteiger partial charge < -0.3 is 44.4 Å². The molecule has 0 aromatic heterocycles. The van der Waals surface area contributed by atoms with Crippen LogP contribution in [0, 0.1) is 11.3 Å². The number of nitriles is 1. The Morgan fingerprint density at radius 3 is 1.58 bits per heavy atom. The summed E-state index contributed by atoms with van der Waals surface area (Å²) in [5.41, 5.74) is 3.83. The summed E-state index contributed by atoms with van der Waals surface area (Å²) in [5, 5.41) is 21.2. The number of alkyl carbamates (subject to hydrolysis) is 1. The van der Waals surface area contributed by atoms with Crippen molar-refractivity contribution in [2.45, 2.75) is 96.3 Å². The number of Topliss-reactive ketones (excluding diaryl/α,β-unsaturated/α-hetero) is 1. The Bertz CT molecular complexity index is 2830. The van der Waals surface area contributed by atoms with Gasteiger partial charge in [0.1, 0.15) is 42.8 Å². The van der Waals surface area contributed by atoms with E-state index in [0.717, 1.165) is 43.0 Å². The number of nitrogens with one attached hydrogen (secondary N) is 3. The highest BCUT2D eigenvalue weighted by Gasteiger charge is 2.52. The van der Waals surface area contributed by atoms with Gasteiger partial charge in [0.25, 0.3) is 0 Å². The summed E-state index contributed by atoms with van der Waals surface area (Å²) in [6.45, 7) is 3.40. The molecular formula is C56H57N4O13P. The smallest absolute Gasteiger partial charge is 0.407 e. The summed E-state index contributed by atoms with van der Waals surface area (Å²) in [6, 6.07) is 40.9. The van der Waals surface area contributed by atoms with Crippen LogP contribution in [-0.4, -0.2) is 109 Å². The fraction of sp³-hybridized carbons (Fsp3) is 0.304. The monoisotopic (exact) mass is 1020 g/mol. The molecule has 0 radical (unpaired) electrons. The largest absolute Gasteiger partial charge is 0.463 e. The zero-order valence-electron chi connectivity index (χ0n) is 41.6. The average molecular weight is 1030 g/mol. The molecule has 18 heteroatoms. The Balaban J connectivity index is 1.26. The van der Waals surface area contributed by atoms with Crippen LogP contribution in [0.2, 0.25) is 0 Å². The molecule has 5 aromatic carbocycles. The molecule has 1 aliphatic carbocycles. The van der Waals surface area contributed by atoms with Crippen molar-refractivity contribution in [2.75, 3.05) is 13.2 Å². The number of carbonyl (C=O) groups excluding carboxylic acids is 7. The maximum absolute atomic E-state index is 15.1. The molecule has 1 fully saturated rings. The first-order valence-electron chi connectivity index (χ1n) is 23.9. The lowest BCUT2D eigenvalue weighted by Gasteiger charge is -2.45. The van der Waals surface area contributed by atoms with Gasteiger partial charge in [-0.1, -0.05) is 140 Å². The lowest BCUT2D eigenvalue weighted by Crippen LogP contribution is -2.67. The van der Waals surface area contributed by atoms with Crippen LogP contribution < -0.4 is 31.9 Å². The van der Waals surface area contributed by atoms with Gasteiger partial charge in [-0.05, 0) is 58.9 Å². The number of ketones is 1. The van der Waals surface area contributed by atoms with Crippen molar-refractivity contribution in [1.29, 1.82) is 5.26 Å². The summed E-state index contributed by atoms with van der Waals surface area (Å²) in [6.07, 6.45) is -8.46. The summed E-state index contributed by atoms with van der Waals surface area (Å²) in [4.78, 5) is 94.0. The highest BCUT2D eigenvalue weighted by Crippen LogP contribution is 2.47. The number of nitrogens with zero attached hydrogens (tertiary/aromatic N) is 1. The lowest BCUT2D eigenvalue weighted by atomic mass is 9.95. The van der Waals surface area contributed by atoms with Crippen molar-refractivity contribution in [2.24, 2.45) is 0 Å². The molecule has 0 bridgehead atoms.